The molecule has 1 rings (SSSR count). The van der Waals surface area contributed by atoms with Crippen molar-refractivity contribution in [1.29, 1.82) is 0 Å². The fourth-order valence-electron chi connectivity index (χ4n) is 2.78. The molecule has 2 atom stereocenters. The Hall–Kier alpha value is -1.26. The van der Waals surface area contributed by atoms with Crippen molar-refractivity contribution < 1.29 is 14.7 Å². The summed E-state index contributed by atoms with van der Waals surface area (Å²) >= 11 is 0. The van der Waals surface area contributed by atoms with Crippen molar-refractivity contribution >= 4 is 12.0 Å². The van der Waals surface area contributed by atoms with Crippen molar-refractivity contribution in [2.75, 3.05) is 13.1 Å². The molecular formula is C15H28N2O3. The number of nitrogens with zero attached hydrogens (tertiary/aromatic N) is 1. The first kappa shape index (κ1) is 16.8. The number of hydrogen-bond donors (Lipinski definition) is 2. The summed E-state index contributed by atoms with van der Waals surface area (Å²) in [6, 6.07) is -0.336. The number of nitrogens with one attached hydrogen (secondary N) is 1. The maximum atomic E-state index is 12.3. The molecule has 0 spiro atoms. The van der Waals surface area contributed by atoms with E-state index >= 15 is 0 Å². The average molecular weight is 284 g/mol. The van der Waals surface area contributed by atoms with Gasteiger partial charge in [0.05, 0.1) is 5.92 Å². The van der Waals surface area contributed by atoms with E-state index in [1.165, 1.54) is 0 Å². The summed E-state index contributed by atoms with van der Waals surface area (Å²) in [5, 5.41) is 12.3. The van der Waals surface area contributed by atoms with Gasteiger partial charge in [0, 0.05) is 19.1 Å². The van der Waals surface area contributed by atoms with Gasteiger partial charge >= 0.3 is 12.0 Å². The van der Waals surface area contributed by atoms with Crippen molar-refractivity contribution in [3.8, 4) is 0 Å². The number of amides is 2. The predicted molar refractivity (Wildman–Crippen MR) is 78.7 cm³/mol. The van der Waals surface area contributed by atoms with E-state index < -0.39 is 11.9 Å². The van der Waals surface area contributed by atoms with Crippen LogP contribution in [0.3, 0.4) is 0 Å². The lowest BCUT2D eigenvalue weighted by molar-refractivity contribution is -0.142. The van der Waals surface area contributed by atoms with Gasteiger partial charge in [0.25, 0.3) is 0 Å². The summed E-state index contributed by atoms with van der Waals surface area (Å²) in [6.45, 7) is 5.45. The molecule has 0 heterocycles. The van der Waals surface area contributed by atoms with Crippen LogP contribution in [0.4, 0.5) is 4.79 Å². The van der Waals surface area contributed by atoms with E-state index in [1.54, 1.807) is 4.90 Å². The fraction of sp³-hybridized carbons (Fsp3) is 0.867. The molecule has 1 fully saturated rings. The number of carbonyl (C=O) groups is 2. The van der Waals surface area contributed by atoms with E-state index in [0.29, 0.717) is 13.0 Å². The lowest BCUT2D eigenvalue weighted by Gasteiger charge is -2.27. The second-order valence-corrected chi connectivity index (χ2v) is 5.57. The molecule has 5 heteroatoms. The molecule has 0 bridgehead atoms. The number of carbonyl (C=O) groups excluding carboxylic acids is 1. The number of rotatable bonds is 6. The zero-order valence-corrected chi connectivity index (χ0v) is 12.7. The Morgan fingerprint density at radius 3 is 2.50 bits per heavy atom. The van der Waals surface area contributed by atoms with Crippen LogP contribution < -0.4 is 5.32 Å². The lowest BCUT2D eigenvalue weighted by atomic mass is 9.95. The van der Waals surface area contributed by atoms with Crippen LogP contribution in [0.1, 0.15) is 58.8 Å². The van der Waals surface area contributed by atoms with Gasteiger partial charge < -0.3 is 15.3 Å². The van der Waals surface area contributed by atoms with E-state index in [0.717, 1.165) is 45.1 Å². The van der Waals surface area contributed by atoms with Crippen LogP contribution in [-0.2, 0) is 4.79 Å². The molecule has 0 aromatic heterocycles. The molecule has 0 aliphatic heterocycles. The van der Waals surface area contributed by atoms with Gasteiger partial charge in [0.1, 0.15) is 0 Å². The summed E-state index contributed by atoms with van der Waals surface area (Å²) in [5.74, 6) is -1.22. The first-order valence-electron chi connectivity index (χ1n) is 7.88. The normalized spacial score (nSPS) is 22.9. The van der Waals surface area contributed by atoms with E-state index in [1.807, 2.05) is 6.92 Å². The van der Waals surface area contributed by atoms with Crippen molar-refractivity contribution in [3.63, 3.8) is 0 Å². The second-order valence-electron chi connectivity index (χ2n) is 5.57. The molecule has 5 nitrogen and oxygen atoms in total. The zero-order valence-electron chi connectivity index (χ0n) is 12.7. The highest BCUT2D eigenvalue weighted by Gasteiger charge is 2.31. The highest BCUT2D eigenvalue weighted by molar-refractivity contribution is 5.76. The van der Waals surface area contributed by atoms with Crippen LogP contribution in [0.5, 0.6) is 0 Å². The smallest absolute Gasteiger partial charge is 0.317 e. The van der Waals surface area contributed by atoms with Gasteiger partial charge in [0.2, 0.25) is 0 Å². The zero-order chi connectivity index (χ0) is 15.0. The maximum Gasteiger partial charge on any atom is 0.317 e. The third-order valence-electron chi connectivity index (χ3n) is 4.09. The molecule has 2 amide bonds. The van der Waals surface area contributed by atoms with Gasteiger partial charge in [-0.15, -0.1) is 0 Å². The number of unbranched alkanes of at least 4 members (excludes halogenated alkanes) is 1. The summed E-state index contributed by atoms with van der Waals surface area (Å²) < 4.78 is 0. The van der Waals surface area contributed by atoms with Gasteiger partial charge in [-0.1, -0.05) is 32.6 Å². The third-order valence-corrected chi connectivity index (χ3v) is 4.09. The second kappa shape index (κ2) is 8.82. The van der Waals surface area contributed by atoms with E-state index in [-0.39, 0.29) is 12.1 Å². The number of carboxylic acids is 1. The SMILES string of the molecule is CCCCN(CC)C(=O)NC1CCCCCC1C(=O)O. The lowest BCUT2D eigenvalue weighted by Crippen LogP contribution is -2.49. The predicted octanol–water partition coefficient (Wildman–Crippen LogP) is 2.85. The maximum absolute atomic E-state index is 12.3. The monoisotopic (exact) mass is 284 g/mol. The van der Waals surface area contributed by atoms with Crippen molar-refractivity contribution in [3.05, 3.63) is 0 Å². The molecule has 0 saturated heterocycles. The largest absolute Gasteiger partial charge is 0.481 e. The number of aliphatic carboxylic acids is 1. The van der Waals surface area contributed by atoms with Gasteiger partial charge in [-0.25, -0.2) is 4.79 Å². The van der Waals surface area contributed by atoms with Gasteiger partial charge in [0.15, 0.2) is 0 Å². The molecule has 0 aromatic carbocycles. The molecule has 20 heavy (non-hydrogen) atoms. The molecule has 1 saturated carbocycles. The van der Waals surface area contributed by atoms with Crippen LogP contribution in [0, 0.1) is 5.92 Å². The Bertz CT molecular complexity index is 320. The number of carboxylic acid groups (broad SMARTS) is 1. The van der Waals surface area contributed by atoms with E-state index in [2.05, 4.69) is 12.2 Å². The quantitative estimate of drug-likeness (QED) is 0.737. The van der Waals surface area contributed by atoms with E-state index in [9.17, 15) is 14.7 Å². The van der Waals surface area contributed by atoms with Gasteiger partial charge in [-0.3, -0.25) is 4.79 Å². The van der Waals surface area contributed by atoms with E-state index in [4.69, 9.17) is 0 Å². The molecule has 2 N–H and O–H groups in total. The highest BCUT2D eigenvalue weighted by atomic mass is 16.4. The molecule has 0 radical (unpaired) electrons. The number of urea groups is 1. The molecule has 2 unspecified atom stereocenters. The Morgan fingerprint density at radius 2 is 1.90 bits per heavy atom. The minimum absolute atomic E-state index is 0.112. The van der Waals surface area contributed by atoms with Crippen molar-refractivity contribution in [2.24, 2.45) is 5.92 Å². The first-order chi connectivity index (χ1) is 9.60. The standard InChI is InChI=1S/C15H28N2O3/c1-3-5-11-17(4-2)15(20)16-13-10-8-6-7-9-12(13)14(18)19/h12-13H,3-11H2,1-2H3,(H,16,20)(H,18,19). The summed E-state index contributed by atoms with van der Waals surface area (Å²) in [7, 11) is 0. The average Bonchev–Trinajstić information content (AvgIpc) is 2.65. The van der Waals surface area contributed by atoms with Crippen LogP contribution >= 0.6 is 0 Å². The molecular weight excluding hydrogens is 256 g/mol. The van der Waals surface area contributed by atoms with Crippen molar-refractivity contribution in [1.82, 2.24) is 10.2 Å². The molecule has 0 aromatic rings. The molecule has 1 aliphatic carbocycles. The highest BCUT2D eigenvalue weighted by Crippen LogP contribution is 2.24. The minimum Gasteiger partial charge on any atom is -0.481 e. The van der Waals surface area contributed by atoms with Crippen LogP contribution in [0.15, 0.2) is 0 Å². The van der Waals surface area contributed by atoms with Crippen molar-refractivity contribution in [2.45, 2.75) is 64.8 Å². The van der Waals surface area contributed by atoms with Crippen LogP contribution in [0.2, 0.25) is 0 Å². The van der Waals surface area contributed by atoms with Crippen LogP contribution in [0.25, 0.3) is 0 Å². The molecule has 1 aliphatic rings. The summed E-state index contributed by atoms with van der Waals surface area (Å²) in [5.41, 5.74) is 0. The Balaban J connectivity index is 2.61. The Labute approximate surface area is 121 Å². The number of hydrogen-bond acceptors (Lipinski definition) is 2. The Kier molecular flexibility index (Phi) is 7.41. The minimum atomic E-state index is -0.784. The van der Waals surface area contributed by atoms with Gasteiger partial charge in [-0.05, 0) is 26.2 Å². The fourth-order valence-corrected chi connectivity index (χ4v) is 2.78. The van der Waals surface area contributed by atoms with Crippen LogP contribution in [-0.4, -0.2) is 41.1 Å². The Morgan fingerprint density at radius 1 is 1.20 bits per heavy atom. The molecule has 116 valence electrons. The summed E-state index contributed by atoms with van der Waals surface area (Å²) in [4.78, 5) is 25.4. The first-order valence-corrected chi connectivity index (χ1v) is 7.88. The summed E-state index contributed by atoms with van der Waals surface area (Å²) in [6.07, 6.45) is 6.46. The topological polar surface area (TPSA) is 69.6 Å². The van der Waals surface area contributed by atoms with Gasteiger partial charge in [-0.2, -0.15) is 0 Å². The third kappa shape index (κ3) is 5.02.